The van der Waals surface area contributed by atoms with Gasteiger partial charge in [0, 0.05) is 45.5 Å². The summed E-state index contributed by atoms with van der Waals surface area (Å²) in [6.07, 6.45) is 1.12. The molecule has 0 atom stereocenters. The fourth-order valence-electron chi connectivity index (χ4n) is 2.31. The van der Waals surface area contributed by atoms with Gasteiger partial charge in [0.1, 0.15) is 5.82 Å². The molecule has 0 unspecified atom stereocenters. The predicted octanol–water partition coefficient (Wildman–Crippen LogP) is 1.56. The second-order valence-corrected chi connectivity index (χ2v) is 4.85. The summed E-state index contributed by atoms with van der Waals surface area (Å²) in [4.78, 5) is 4.60. The molecule has 100 valence electrons. The molecule has 1 aliphatic heterocycles. The number of halogens is 1. The number of hydrogen-bond donors (Lipinski definition) is 1. The predicted molar refractivity (Wildman–Crippen MR) is 73.6 cm³/mol. The van der Waals surface area contributed by atoms with E-state index >= 15 is 0 Å². The zero-order chi connectivity index (χ0) is 12.8. The first kappa shape index (κ1) is 13.3. The van der Waals surface area contributed by atoms with Gasteiger partial charge in [-0.1, -0.05) is 6.07 Å². The van der Waals surface area contributed by atoms with Crippen molar-refractivity contribution in [3.05, 3.63) is 30.1 Å². The van der Waals surface area contributed by atoms with Crippen molar-refractivity contribution < 1.29 is 4.39 Å². The zero-order valence-electron chi connectivity index (χ0n) is 11.0. The number of piperazine rings is 1. The Morgan fingerprint density at radius 2 is 2.11 bits per heavy atom. The average molecular weight is 251 g/mol. The van der Waals surface area contributed by atoms with Gasteiger partial charge in [0.2, 0.25) is 0 Å². The number of anilines is 1. The molecule has 1 aromatic rings. The molecule has 0 saturated carbocycles. The Morgan fingerprint density at radius 3 is 2.83 bits per heavy atom. The van der Waals surface area contributed by atoms with Crippen LogP contribution in [0.1, 0.15) is 6.42 Å². The largest absolute Gasteiger partial charge is 0.374 e. The Labute approximate surface area is 109 Å². The summed E-state index contributed by atoms with van der Waals surface area (Å²) in [5.74, 6) is -0.165. The Morgan fingerprint density at radius 1 is 1.33 bits per heavy atom. The van der Waals surface area contributed by atoms with Crippen molar-refractivity contribution in [3.8, 4) is 0 Å². The molecule has 1 heterocycles. The van der Waals surface area contributed by atoms with Gasteiger partial charge in [-0.05, 0) is 31.2 Å². The first-order chi connectivity index (χ1) is 8.75. The number of nitrogens with one attached hydrogen (secondary N) is 1. The molecule has 2 rings (SSSR count). The van der Waals surface area contributed by atoms with E-state index in [1.54, 1.807) is 12.1 Å². The Bertz CT molecular complexity index is 364. The molecule has 18 heavy (non-hydrogen) atoms. The summed E-state index contributed by atoms with van der Waals surface area (Å²) in [5, 5.41) is 3.35. The van der Waals surface area contributed by atoms with Crippen LogP contribution in [-0.2, 0) is 0 Å². The molecule has 1 saturated heterocycles. The smallest absolute Gasteiger partial charge is 0.125 e. The molecule has 1 fully saturated rings. The lowest BCUT2D eigenvalue weighted by molar-refractivity contribution is 0.239. The van der Waals surface area contributed by atoms with Gasteiger partial charge >= 0.3 is 0 Å². The number of benzene rings is 1. The Hall–Kier alpha value is -1.13. The summed E-state index contributed by atoms with van der Waals surface area (Å²) in [6, 6.07) is 6.79. The van der Waals surface area contributed by atoms with Crippen LogP contribution in [0, 0.1) is 5.82 Å². The molecule has 3 nitrogen and oxygen atoms in total. The lowest BCUT2D eigenvalue weighted by atomic mass is 10.2. The van der Waals surface area contributed by atoms with Crippen LogP contribution in [0.2, 0.25) is 0 Å². The van der Waals surface area contributed by atoms with Crippen molar-refractivity contribution in [1.82, 2.24) is 10.2 Å². The lowest BCUT2D eigenvalue weighted by Crippen LogP contribution is -2.44. The van der Waals surface area contributed by atoms with E-state index in [0.717, 1.165) is 51.4 Å². The van der Waals surface area contributed by atoms with Crippen LogP contribution in [0.25, 0.3) is 0 Å². The monoisotopic (exact) mass is 251 g/mol. The normalized spacial score (nSPS) is 16.8. The summed E-state index contributed by atoms with van der Waals surface area (Å²) < 4.78 is 13.1. The minimum absolute atomic E-state index is 0.165. The molecular weight excluding hydrogens is 229 g/mol. The lowest BCUT2D eigenvalue weighted by Gasteiger charge is -2.28. The van der Waals surface area contributed by atoms with Gasteiger partial charge < -0.3 is 15.1 Å². The highest BCUT2D eigenvalue weighted by molar-refractivity contribution is 5.45. The van der Waals surface area contributed by atoms with Crippen molar-refractivity contribution in [2.45, 2.75) is 6.42 Å². The number of nitrogens with zero attached hydrogens (tertiary/aromatic N) is 2. The van der Waals surface area contributed by atoms with Gasteiger partial charge in [0.25, 0.3) is 0 Å². The van der Waals surface area contributed by atoms with Gasteiger partial charge in [-0.25, -0.2) is 4.39 Å². The van der Waals surface area contributed by atoms with Gasteiger partial charge in [-0.3, -0.25) is 0 Å². The molecule has 0 bridgehead atoms. The minimum atomic E-state index is -0.165. The quantitative estimate of drug-likeness (QED) is 0.857. The third kappa shape index (κ3) is 3.96. The van der Waals surface area contributed by atoms with Gasteiger partial charge in [-0.15, -0.1) is 0 Å². The van der Waals surface area contributed by atoms with Crippen LogP contribution >= 0.6 is 0 Å². The molecule has 1 aromatic carbocycles. The Balaban J connectivity index is 1.72. The Kier molecular flexibility index (Phi) is 4.96. The van der Waals surface area contributed by atoms with E-state index in [1.807, 2.05) is 13.1 Å². The van der Waals surface area contributed by atoms with E-state index in [2.05, 4.69) is 15.1 Å². The molecule has 1 aliphatic rings. The maximum absolute atomic E-state index is 13.1. The summed E-state index contributed by atoms with van der Waals surface area (Å²) >= 11 is 0. The van der Waals surface area contributed by atoms with E-state index in [-0.39, 0.29) is 5.82 Å². The van der Waals surface area contributed by atoms with E-state index in [1.165, 1.54) is 6.07 Å². The van der Waals surface area contributed by atoms with Crippen molar-refractivity contribution >= 4 is 5.69 Å². The zero-order valence-corrected chi connectivity index (χ0v) is 11.0. The van der Waals surface area contributed by atoms with Crippen molar-refractivity contribution in [3.63, 3.8) is 0 Å². The second-order valence-electron chi connectivity index (χ2n) is 4.85. The van der Waals surface area contributed by atoms with Crippen LogP contribution in [0.4, 0.5) is 10.1 Å². The average Bonchev–Trinajstić information content (AvgIpc) is 2.40. The maximum Gasteiger partial charge on any atom is 0.125 e. The van der Waals surface area contributed by atoms with Gasteiger partial charge in [0.05, 0.1) is 0 Å². The van der Waals surface area contributed by atoms with Crippen molar-refractivity contribution in [2.24, 2.45) is 0 Å². The summed E-state index contributed by atoms with van der Waals surface area (Å²) in [6.45, 7) is 6.57. The van der Waals surface area contributed by atoms with E-state index in [9.17, 15) is 4.39 Å². The van der Waals surface area contributed by atoms with Crippen molar-refractivity contribution in [2.75, 3.05) is 51.2 Å². The highest BCUT2D eigenvalue weighted by Crippen LogP contribution is 2.14. The van der Waals surface area contributed by atoms with E-state index in [4.69, 9.17) is 0 Å². The van der Waals surface area contributed by atoms with E-state index < -0.39 is 0 Å². The molecule has 0 radical (unpaired) electrons. The van der Waals surface area contributed by atoms with E-state index in [0.29, 0.717) is 0 Å². The highest BCUT2D eigenvalue weighted by Gasteiger charge is 2.09. The molecule has 0 amide bonds. The molecule has 1 N–H and O–H groups in total. The molecule has 0 spiro atoms. The summed E-state index contributed by atoms with van der Waals surface area (Å²) in [7, 11) is 2.02. The third-order valence-corrected chi connectivity index (χ3v) is 3.43. The third-order valence-electron chi connectivity index (χ3n) is 3.43. The molecule has 0 aromatic heterocycles. The van der Waals surface area contributed by atoms with Crippen LogP contribution in [0.15, 0.2) is 24.3 Å². The first-order valence-corrected chi connectivity index (χ1v) is 6.65. The minimum Gasteiger partial charge on any atom is -0.374 e. The second kappa shape index (κ2) is 6.71. The molecular formula is C14H22FN3. The standard InChI is InChI=1S/C14H22FN3/c1-17(14-5-2-4-13(15)12-14)8-3-9-18-10-6-16-7-11-18/h2,4-5,12,16H,3,6-11H2,1H3. The van der Waals surface area contributed by atoms with Crippen LogP contribution in [0.5, 0.6) is 0 Å². The summed E-state index contributed by atoms with van der Waals surface area (Å²) in [5.41, 5.74) is 0.954. The topological polar surface area (TPSA) is 18.5 Å². The van der Waals surface area contributed by atoms with Crippen LogP contribution in [-0.4, -0.2) is 51.2 Å². The van der Waals surface area contributed by atoms with Crippen LogP contribution in [0.3, 0.4) is 0 Å². The SMILES string of the molecule is CN(CCCN1CCNCC1)c1cccc(F)c1. The fourth-order valence-corrected chi connectivity index (χ4v) is 2.31. The first-order valence-electron chi connectivity index (χ1n) is 6.65. The fraction of sp³-hybridized carbons (Fsp3) is 0.571. The molecule has 4 heteroatoms. The number of rotatable bonds is 5. The number of hydrogen-bond acceptors (Lipinski definition) is 3. The van der Waals surface area contributed by atoms with Crippen LogP contribution < -0.4 is 10.2 Å². The maximum atomic E-state index is 13.1. The van der Waals surface area contributed by atoms with Crippen molar-refractivity contribution in [1.29, 1.82) is 0 Å². The highest BCUT2D eigenvalue weighted by atomic mass is 19.1. The van der Waals surface area contributed by atoms with Gasteiger partial charge in [0.15, 0.2) is 0 Å². The molecule has 0 aliphatic carbocycles. The van der Waals surface area contributed by atoms with Gasteiger partial charge in [-0.2, -0.15) is 0 Å².